The molecule has 3 rings (SSSR count). The summed E-state index contributed by atoms with van der Waals surface area (Å²) < 4.78 is 50.2. The number of rotatable bonds is 3. The zero-order valence-electron chi connectivity index (χ0n) is 14.9. The number of benzene rings is 2. The summed E-state index contributed by atoms with van der Waals surface area (Å²) in [5, 5.41) is 2.57. The molecule has 144 valence electrons. The predicted octanol–water partition coefficient (Wildman–Crippen LogP) is 4.19. The number of carbonyl (C=O) groups excluding carboxylic acids is 1. The lowest BCUT2D eigenvalue weighted by Gasteiger charge is -2.20. The Balaban J connectivity index is 1.90. The first-order valence-electron chi connectivity index (χ1n) is 8.35. The number of nitrogens with one attached hydrogen (secondary N) is 1. The summed E-state index contributed by atoms with van der Waals surface area (Å²) in [6.07, 6.45) is -3.77. The molecule has 1 N–H and O–H groups in total. The van der Waals surface area contributed by atoms with Gasteiger partial charge in [-0.25, -0.2) is 0 Å². The van der Waals surface area contributed by atoms with E-state index >= 15 is 0 Å². The number of hydrogen-bond donors (Lipinski definition) is 1. The minimum Gasteiger partial charge on any atom is -0.490 e. The molecular formula is C19H19F3N2O3. The fourth-order valence-corrected chi connectivity index (χ4v) is 2.70. The van der Waals surface area contributed by atoms with Crippen molar-refractivity contribution in [1.82, 2.24) is 0 Å². The Morgan fingerprint density at radius 1 is 1.04 bits per heavy atom. The summed E-state index contributed by atoms with van der Waals surface area (Å²) in [6, 6.07) is 7.93. The third-order valence-corrected chi connectivity index (χ3v) is 4.06. The number of hydrogen-bond acceptors (Lipinski definition) is 4. The van der Waals surface area contributed by atoms with Crippen molar-refractivity contribution in [3.63, 3.8) is 0 Å². The Hall–Kier alpha value is -2.90. The molecule has 2 aromatic rings. The maximum absolute atomic E-state index is 13.0. The average molecular weight is 380 g/mol. The third kappa shape index (κ3) is 4.27. The van der Waals surface area contributed by atoms with E-state index < -0.39 is 17.6 Å². The highest BCUT2D eigenvalue weighted by Crippen LogP contribution is 2.35. The third-order valence-electron chi connectivity index (χ3n) is 4.06. The second kappa shape index (κ2) is 7.38. The van der Waals surface area contributed by atoms with Crippen LogP contribution in [0.1, 0.15) is 22.3 Å². The molecule has 1 heterocycles. The van der Waals surface area contributed by atoms with Gasteiger partial charge in [0, 0.05) is 26.1 Å². The van der Waals surface area contributed by atoms with Crippen LogP contribution >= 0.6 is 0 Å². The molecule has 1 aliphatic heterocycles. The lowest BCUT2D eigenvalue weighted by Crippen LogP contribution is -2.18. The van der Waals surface area contributed by atoms with Crippen LogP contribution in [-0.4, -0.2) is 33.2 Å². The van der Waals surface area contributed by atoms with Gasteiger partial charge in [0.2, 0.25) is 0 Å². The Morgan fingerprint density at radius 2 is 1.74 bits per heavy atom. The van der Waals surface area contributed by atoms with Crippen molar-refractivity contribution in [3.8, 4) is 11.5 Å². The van der Waals surface area contributed by atoms with Gasteiger partial charge in [0.25, 0.3) is 5.91 Å². The van der Waals surface area contributed by atoms with Crippen LogP contribution in [0.4, 0.5) is 24.5 Å². The van der Waals surface area contributed by atoms with E-state index in [1.807, 2.05) is 0 Å². The number of anilines is 2. The fourth-order valence-electron chi connectivity index (χ4n) is 2.70. The average Bonchev–Trinajstić information content (AvgIpc) is 2.85. The molecule has 0 radical (unpaired) electrons. The summed E-state index contributed by atoms with van der Waals surface area (Å²) >= 11 is 0. The molecule has 2 aromatic carbocycles. The molecule has 1 amide bonds. The fraction of sp³-hybridized carbons (Fsp3) is 0.316. The highest BCUT2D eigenvalue weighted by atomic mass is 19.4. The largest absolute Gasteiger partial charge is 0.490 e. The second-order valence-electron chi connectivity index (χ2n) is 6.29. The van der Waals surface area contributed by atoms with Crippen LogP contribution in [0.3, 0.4) is 0 Å². The van der Waals surface area contributed by atoms with Crippen LogP contribution in [0.25, 0.3) is 0 Å². The second-order valence-corrected chi connectivity index (χ2v) is 6.29. The van der Waals surface area contributed by atoms with E-state index in [1.54, 1.807) is 31.1 Å². The normalized spacial score (nSPS) is 13.7. The lowest BCUT2D eigenvalue weighted by atomic mass is 10.1. The number of amides is 1. The predicted molar refractivity (Wildman–Crippen MR) is 95.8 cm³/mol. The maximum atomic E-state index is 13.0. The highest BCUT2D eigenvalue weighted by Gasteiger charge is 2.31. The molecule has 27 heavy (non-hydrogen) atoms. The molecule has 0 fully saturated rings. The van der Waals surface area contributed by atoms with Crippen molar-refractivity contribution in [2.24, 2.45) is 0 Å². The first kappa shape index (κ1) is 18.9. The molecule has 0 unspecified atom stereocenters. The SMILES string of the molecule is CN(C)c1ccc(C(F)(F)F)cc1NC(=O)c1ccc2c(c1)OCCCO2. The topological polar surface area (TPSA) is 50.8 Å². The number of ether oxygens (including phenoxy) is 2. The Kier molecular flexibility index (Phi) is 5.16. The minimum absolute atomic E-state index is 0.0759. The van der Waals surface area contributed by atoms with E-state index in [4.69, 9.17) is 9.47 Å². The number of halogens is 3. The van der Waals surface area contributed by atoms with Gasteiger partial charge in [-0.15, -0.1) is 0 Å². The number of carbonyl (C=O) groups is 1. The molecule has 5 nitrogen and oxygen atoms in total. The molecule has 0 bridgehead atoms. The van der Waals surface area contributed by atoms with Gasteiger partial charge in [0.1, 0.15) is 0 Å². The molecule has 1 aliphatic rings. The summed E-state index contributed by atoms with van der Waals surface area (Å²) in [5.41, 5.74) is -0.0268. The van der Waals surface area contributed by atoms with Gasteiger partial charge in [-0.05, 0) is 36.4 Å². The summed E-state index contributed by atoms with van der Waals surface area (Å²) in [4.78, 5) is 14.2. The summed E-state index contributed by atoms with van der Waals surface area (Å²) in [7, 11) is 3.37. The van der Waals surface area contributed by atoms with Crippen molar-refractivity contribution in [1.29, 1.82) is 0 Å². The van der Waals surface area contributed by atoms with Crippen molar-refractivity contribution in [3.05, 3.63) is 47.5 Å². The van der Waals surface area contributed by atoms with E-state index in [2.05, 4.69) is 5.32 Å². The minimum atomic E-state index is -4.50. The van der Waals surface area contributed by atoms with Crippen molar-refractivity contribution >= 4 is 17.3 Å². The summed E-state index contributed by atoms with van der Waals surface area (Å²) in [5.74, 6) is 0.446. The standard InChI is InChI=1S/C19H19F3N2O3/c1-24(2)15-6-5-13(19(20,21)22)11-14(15)23-18(25)12-4-7-16-17(10-12)27-9-3-8-26-16/h4-7,10-11H,3,8-9H2,1-2H3,(H,23,25). The molecule has 0 aliphatic carbocycles. The van der Waals surface area contributed by atoms with E-state index in [1.165, 1.54) is 12.1 Å². The van der Waals surface area contributed by atoms with Gasteiger partial charge in [-0.1, -0.05) is 0 Å². The van der Waals surface area contributed by atoms with Gasteiger partial charge in [-0.2, -0.15) is 13.2 Å². The van der Waals surface area contributed by atoms with Crippen LogP contribution in [0.2, 0.25) is 0 Å². The first-order chi connectivity index (χ1) is 12.8. The van der Waals surface area contributed by atoms with E-state index in [-0.39, 0.29) is 11.3 Å². The van der Waals surface area contributed by atoms with Gasteiger partial charge < -0.3 is 19.7 Å². The monoisotopic (exact) mass is 380 g/mol. The number of alkyl halides is 3. The molecule has 0 spiro atoms. The molecule has 8 heteroatoms. The lowest BCUT2D eigenvalue weighted by molar-refractivity contribution is -0.137. The Labute approximate surface area is 154 Å². The molecule has 0 saturated heterocycles. The zero-order valence-corrected chi connectivity index (χ0v) is 14.9. The van der Waals surface area contributed by atoms with Crippen LogP contribution in [0.15, 0.2) is 36.4 Å². The van der Waals surface area contributed by atoms with E-state index in [0.29, 0.717) is 30.4 Å². The molecule has 0 aromatic heterocycles. The zero-order chi connectivity index (χ0) is 19.6. The number of fused-ring (bicyclic) bond motifs is 1. The van der Waals surface area contributed by atoms with Crippen molar-refractivity contribution in [2.45, 2.75) is 12.6 Å². The highest BCUT2D eigenvalue weighted by molar-refractivity contribution is 6.06. The number of nitrogens with zero attached hydrogens (tertiary/aromatic N) is 1. The smallest absolute Gasteiger partial charge is 0.416 e. The molecular weight excluding hydrogens is 361 g/mol. The van der Waals surface area contributed by atoms with Crippen LogP contribution in [0, 0.1) is 0 Å². The van der Waals surface area contributed by atoms with Crippen molar-refractivity contribution in [2.75, 3.05) is 37.5 Å². The van der Waals surface area contributed by atoms with Crippen LogP contribution in [-0.2, 0) is 6.18 Å². The van der Waals surface area contributed by atoms with Crippen LogP contribution < -0.4 is 19.7 Å². The van der Waals surface area contributed by atoms with E-state index in [9.17, 15) is 18.0 Å². The quantitative estimate of drug-likeness (QED) is 0.868. The Morgan fingerprint density at radius 3 is 2.41 bits per heavy atom. The van der Waals surface area contributed by atoms with Gasteiger partial charge in [-0.3, -0.25) is 4.79 Å². The van der Waals surface area contributed by atoms with E-state index in [0.717, 1.165) is 18.6 Å². The van der Waals surface area contributed by atoms with Gasteiger partial charge >= 0.3 is 6.18 Å². The summed E-state index contributed by atoms with van der Waals surface area (Å²) in [6.45, 7) is 0.992. The first-order valence-corrected chi connectivity index (χ1v) is 8.35. The Bertz CT molecular complexity index is 851. The van der Waals surface area contributed by atoms with Crippen molar-refractivity contribution < 1.29 is 27.4 Å². The van der Waals surface area contributed by atoms with Gasteiger partial charge in [0.15, 0.2) is 11.5 Å². The van der Waals surface area contributed by atoms with Crippen LogP contribution in [0.5, 0.6) is 11.5 Å². The van der Waals surface area contributed by atoms with Gasteiger partial charge in [0.05, 0.1) is 30.2 Å². The maximum Gasteiger partial charge on any atom is 0.416 e. The molecule has 0 saturated carbocycles. The molecule has 0 atom stereocenters.